The Morgan fingerprint density at radius 1 is 1.62 bits per heavy atom. The Morgan fingerprint density at radius 3 is 3.00 bits per heavy atom. The Morgan fingerprint density at radius 2 is 2.38 bits per heavy atom. The van der Waals surface area contributed by atoms with E-state index in [9.17, 15) is 0 Å². The minimum atomic E-state index is 0.252. The van der Waals surface area contributed by atoms with Gasteiger partial charge in [0, 0.05) is 19.7 Å². The summed E-state index contributed by atoms with van der Waals surface area (Å²) in [5.74, 6) is 0.969. The largest absolute Gasteiger partial charge is 0.383 e. The predicted octanol–water partition coefficient (Wildman–Crippen LogP) is 1.33. The first-order chi connectivity index (χ1) is 7.72. The summed E-state index contributed by atoms with van der Waals surface area (Å²) in [6.45, 7) is 1.42. The SMILES string of the molecule is COCCN(c1nc(N)ncc1Cl)C1CC1. The van der Waals surface area contributed by atoms with E-state index in [-0.39, 0.29) is 5.95 Å². The van der Waals surface area contributed by atoms with Crippen LogP contribution in [0.15, 0.2) is 6.20 Å². The van der Waals surface area contributed by atoms with Crippen molar-refractivity contribution in [3.8, 4) is 0 Å². The minimum Gasteiger partial charge on any atom is -0.383 e. The zero-order valence-electron chi connectivity index (χ0n) is 9.19. The Balaban J connectivity index is 2.19. The summed E-state index contributed by atoms with van der Waals surface area (Å²) in [5.41, 5.74) is 5.58. The molecule has 1 aliphatic rings. The van der Waals surface area contributed by atoms with E-state index >= 15 is 0 Å². The van der Waals surface area contributed by atoms with Gasteiger partial charge in [-0.2, -0.15) is 4.98 Å². The van der Waals surface area contributed by atoms with E-state index in [0.29, 0.717) is 23.5 Å². The summed E-state index contributed by atoms with van der Waals surface area (Å²) in [5, 5.41) is 0.539. The summed E-state index contributed by atoms with van der Waals surface area (Å²) in [7, 11) is 1.68. The van der Waals surface area contributed by atoms with Crippen molar-refractivity contribution in [3.05, 3.63) is 11.2 Å². The highest BCUT2D eigenvalue weighted by molar-refractivity contribution is 6.32. The molecule has 1 aliphatic carbocycles. The van der Waals surface area contributed by atoms with Crippen LogP contribution in [-0.4, -0.2) is 36.3 Å². The Kier molecular flexibility index (Phi) is 3.46. The highest BCUT2D eigenvalue weighted by Crippen LogP contribution is 2.33. The summed E-state index contributed by atoms with van der Waals surface area (Å²) in [6, 6.07) is 0.516. The first kappa shape index (κ1) is 11.4. The van der Waals surface area contributed by atoms with Crippen molar-refractivity contribution in [3.63, 3.8) is 0 Å². The van der Waals surface area contributed by atoms with Crippen LogP contribution in [0.2, 0.25) is 5.02 Å². The fourth-order valence-electron chi connectivity index (χ4n) is 1.61. The summed E-state index contributed by atoms with van der Waals surface area (Å²) < 4.78 is 5.08. The predicted molar refractivity (Wildman–Crippen MR) is 63.7 cm³/mol. The molecule has 2 rings (SSSR count). The van der Waals surface area contributed by atoms with Gasteiger partial charge in [0.05, 0.1) is 12.8 Å². The second-order valence-electron chi connectivity index (χ2n) is 3.82. The molecule has 6 heteroatoms. The summed E-state index contributed by atoms with van der Waals surface area (Å²) in [4.78, 5) is 10.2. The van der Waals surface area contributed by atoms with Crippen molar-refractivity contribution in [2.75, 3.05) is 30.9 Å². The van der Waals surface area contributed by atoms with Crippen molar-refractivity contribution in [1.29, 1.82) is 0 Å². The van der Waals surface area contributed by atoms with Crippen molar-refractivity contribution < 1.29 is 4.74 Å². The molecule has 0 aromatic carbocycles. The second kappa shape index (κ2) is 4.84. The quantitative estimate of drug-likeness (QED) is 0.844. The number of methoxy groups -OCH3 is 1. The molecule has 0 unspecified atom stereocenters. The Bertz CT molecular complexity index is 370. The van der Waals surface area contributed by atoms with E-state index in [1.807, 2.05) is 0 Å². The number of nitrogen functional groups attached to an aromatic ring is 1. The maximum absolute atomic E-state index is 6.08. The number of ether oxygens (including phenoxy) is 1. The van der Waals surface area contributed by atoms with Gasteiger partial charge in [0.1, 0.15) is 5.02 Å². The molecule has 1 aromatic heterocycles. The van der Waals surface area contributed by atoms with E-state index in [4.69, 9.17) is 22.1 Å². The number of nitrogens with zero attached hydrogens (tertiary/aromatic N) is 3. The molecule has 0 amide bonds. The first-order valence-electron chi connectivity index (χ1n) is 5.26. The normalized spacial score (nSPS) is 15.1. The molecule has 0 saturated heterocycles. The lowest BCUT2D eigenvalue weighted by Gasteiger charge is -2.23. The highest BCUT2D eigenvalue weighted by atomic mass is 35.5. The molecular formula is C10H15ClN4O. The third kappa shape index (κ3) is 2.54. The van der Waals surface area contributed by atoms with Gasteiger partial charge in [0.25, 0.3) is 0 Å². The number of hydrogen-bond acceptors (Lipinski definition) is 5. The fraction of sp³-hybridized carbons (Fsp3) is 0.600. The zero-order chi connectivity index (χ0) is 11.5. The van der Waals surface area contributed by atoms with Crippen molar-refractivity contribution in [1.82, 2.24) is 9.97 Å². The molecule has 0 spiro atoms. The standard InChI is InChI=1S/C10H15ClN4O/c1-16-5-4-15(7-2-3-7)9-8(11)6-13-10(12)14-9/h6-7H,2-5H2,1H3,(H2,12,13,14). The van der Waals surface area contributed by atoms with Crippen molar-refractivity contribution in [2.45, 2.75) is 18.9 Å². The molecule has 5 nitrogen and oxygen atoms in total. The smallest absolute Gasteiger partial charge is 0.222 e. The number of anilines is 2. The molecule has 0 bridgehead atoms. The van der Waals surface area contributed by atoms with Crippen LogP contribution in [0.25, 0.3) is 0 Å². The molecule has 1 saturated carbocycles. The van der Waals surface area contributed by atoms with Crippen molar-refractivity contribution in [2.24, 2.45) is 0 Å². The van der Waals surface area contributed by atoms with Gasteiger partial charge in [-0.1, -0.05) is 11.6 Å². The second-order valence-corrected chi connectivity index (χ2v) is 4.22. The van der Waals surface area contributed by atoms with Gasteiger partial charge < -0.3 is 15.4 Å². The molecule has 1 fully saturated rings. The lowest BCUT2D eigenvalue weighted by molar-refractivity contribution is 0.204. The first-order valence-corrected chi connectivity index (χ1v) is 5.63. The van der Waals surface area contributed by atoms with Crippen LogP contribution in [-0.2, 0) is 4.74 Å². The molecule has 16 heavy (non-hydrogen) atoms. The van der Waals surface area contributed by atoms with E-state index in [1.165, 1.54) is 12.8 Å². The van der Waals surface area contributed by atoms with Gasteiger partial charge in [-0.25, -0.2) is 4.98 Å². The van der Waals surface area contributed by atoms with Crippen LogP contribution in [0.1, 0.15) is 12.8 Å². The molecule has 0 radical (unpaired) electrons. The lowest BCUT2D eigenvalue weighted by Crippen LogP contribution is -2.30. The van der Waals surface area contributed by atoms with Crippen LogP contribution in [0.3, 0.4) is 0 Å². The molecule has 88 valence electrons. The summed E-state index contributed by atoms with van der Waals surface area (Å²) in [6.07, 6.45) is 3.88. The fourth-order valence-corrected chi connectivity index (χ4v) is 1.81. The third-order valence-electron chi connectivity index (χ3n) is 2.54. The Hall–Kier alpha value is -1.07. The minimum absolute atomic E-state index is 0.252. The van der Waals surface area contributed by atoms with Crippen LogP contribution in [0, 0.1) is 0 Å². The molecular weight excluding hydrogens is 228 g/mol. The average molecular weight is 243 g/mol. The monoisotopic (exact) mass is 242 g/mol. The van der Waals surface area contributed by atoms with Crippen LogP contribution < -0.4 is 10.6 Å². The summed E-state index contributed by atoms with van der Waals surface area (Å²) >= 11 is 6.08. The van der Waals surface area contributed by atoms with Gasteiger partial charge >= 0.3 is 0 Å². The topological polar surface area (TPSA) is 64.3 Å². The van der Waals surface area contributed by atoms with Gasteiger partial charge in [-0.3, -0.25) is 0 Å². The van der Waals surface area contributed by atoms with Crippen LogP contribution >= 0.6 is 11.6 Å². The molecule has 0 atom stereocenters. The van der Waals surface area contributed by atoms with E-state index < -0.39 is 0 Å². The number of hydrogen-bond donors (Lipinski definition) is 1. The molecule has 1 aromatic rings. The molecule has 2 N–H and O–H groups in total. The number of rotatable bonds is 5. The number of aromatic nitrogens is 2. The zero-order valence-corrected chi connectivity index (χ0v) is 9.94. The third-order valence-corrected chi connectivity index (χ3v) is 2.81. The van der Waals surface area contributed by atoms with Gasteiger partial charge in [0.2, 0.25) is 5.95 Å². The van der Waals surface area contributed by atoms with E-state index in [2.05, 4.69) is 14.9 Å². The Labute approximate surface area is 99.6 Å². The van der Waals surface area contributed by atoms with Gasteiger partial charge in [0.15, 0.2) is 5.82 Å². The van der Waals surface area contributed by atoms with Crippen molar-refractivity contribution >= 4 is 23.4 Å². The lowest BCUT2D eigenvalue weighted by atomic mass is 10.4. The van der Waals surface area contributed by atoms with Gasteiger partial charge in [-0.15, -0.1) is 0 Å². The van der Waals surface area contributed by atoms with Gasteiger partial charge in [-0.05, 0) is 12.8 Å². The number of nitrogens with two attached hydrogens (primary N) is 1. The number of halogens is 1. The maximum Gasteiger partial charge on any atom is 0.222 e. The van der Waals surface area contributed by atoms with Crippen LogP contribution in [0.4, 0.5) is 11.8 Å². The molecule has 0 aliphatic heterocycles. The maximum atomic E-state index is 6.08. The highest BCUT2D eigenvalue weighted by Gasteiger charge is 2.31. The van der Waals surface area contributed by atoms with Crippen LogP contribution in [0.5, 0.6) is 0 Å². The van der Waals surface area contributed by atoms with E-state index in [1.54, 1.807) is 13.3 Å². The molecule has 1 heterocycles. The van der Waals surface area contributed by atoms with E-state index in [0.717, 1.165) is 6.54 Å². The average Bonchev–Trinajstić information content (AvgIpc) is 3.08.